The van der Waals surface area contributed by atoms with Crippen LogP contribution in [0.25, 0.3) is 0 Å². The van der Waals surface area contributed by atoms with Crippen molar-refractivity contribution in [2.24, 2.45) is 0 Å². The van der Waals surface area contributed by atoms with Crippen LogP contribution in [0.2, 0.25) is 0 Å². The minimum atomic E-state index is 0.299. The summed E-state index contributed by atoms with van der Waals surface area (Å²) in [4.78, 5) is 0. The number of phenolic OH excluding ortho intramolecular Hbond substituents is 1. The van der Waals surface area contributed by atoms with E-state index in [4.69, 9.17) is 9.84 Å². The second kappa shape index (κ2) is 8.08. The van der Waals surface area contributed by atoms with Crippen molar-refractivity contribution in [3.8, 4) is 5.75 Å². The minimum absolute atomic E-state index is 0.299. The lowest BCUT2D eigenvalue weighted by atomic mass is 10.3. The van der Waals surface area contributed by atoms with Gasteiger partial charge in [-0.3, -0.25) is 0 Å². The van der Waals surface area contributed by atoms with Crippen LogP contribution in [0, 0.1) is 0 Å². The summed E-state index contributed by atoms with van der Waals surface area (Å²) in [7, 11) is 0. The van der Waals surface area contributed by atoms with Crippen molar-refractivity contribution in [1.82, 2.24) is 0 Å². The Morgan fingerprint density at radius 2 is 1.62 bits per heavy atom. The van der Waals surface area contributed by atoms with E-state index in [0.29, 0.717) is 5.75 Å². The van der Waals surface area contributed by atoms with Crippen LogP contribution in [0.3, 0.4) is 0 Å². The summed E-state index contributed by atoms with van der Waals surface area (Å²) in [5, 5.41) is 8.74. The van der Waals surface area contributed by atoms with Crippen molar-refractivity contribution < 1.29 is 9.84 Å². The molecule has 13 heavy (non-hydrogen) atoms. The number of hydrogen-bond acceptors (Lipinski definition) is 2. The van der Waals surface area contributed by atoms with Gasteiger partial charge < -0.3 is 9.84 Å². The van der Waals surface area contributed by atoms with E-state index in [-0.39, 0.29) is 0 Å². The first-order valence-corrected chi connectivity index (χ1v) is 5.02. The third-order valence-electron chi connectivity index (χ3n) is 1.23. The molecule has 1 aromatic rings. The van der Waals surface area contributed by atoms with Crippen molar-refractivity contribution >= 4 is 15.9 Å². The molecule has 0 atom stereocenters. The predicted octanol–water partition coefficient (Wildman–Crippen LogP) is 3.20. The molecule has 0 bridgehead atoms. The molecule has 1 rings (SSSR count). The van der Waals surface area contributed by atoms with Crippen molar-refractivity contribution in [2.75, 3.05) is 13.2 Å². The molecular weight excluding hydrogens is 232 g/mol. The maximum atomic E-state index is 8.74. The zero-order chi connectivity index (χ0) is 10.1. The number of aromatic hydroxyl groups is 1. The first-order chi connectivity index (χ1) is 6.20. The third-order valence-corrected chi connectivity index (χ3v) is 1.76. The predicted molar refractivity (Wildman–Crippen MR) is 58.0 cm³/mol. The van der Waals surface area contributed by atoms with Crippen molar-refractivity contribution in [3.05, 3.63) is 28.7 Å². The molecule has 0 amide bonds. The van der Waals surface area contributed by atoms with Crippen LogP contribution in [-0.4, -0.2) is 18.3 Å². The fraction of sp³-hybridized carbons (Fsp3) is 0.400. The van der Waals surface area contributed by atoms with Crippen LogP contribution in [0.5, 0.6) is 5.75 Å². The van der Waals surface area contributed by atoms with E-state index in [0.717, 1.165) is 17.7 Å². The number of benzene rings is 1. The van der Waals surface area contributed by atoms with E-state index in [9.17, 15) is 0 Å². The number of rotatable bonds is 2. The highest BCUT2D eigenvalue weighted by Gasteiger charge is 1.83. The lowest BCUT2D eigenvalue weighted by molar-refractivity contribution is 0.162. The second-order valence-electron chi connectivity index (χ2n) is 2.26. The molecule has 0 aliphatic carbocycles. The molecule has 1 N–H and O–H groups in total. The lowest BCUT2D eigenvalue weighted by Crippen LogP contribution is -1.84. The van der Waals surface area contributed by atoms with Gasteiger partial charge in [0.25, 0.3) is 0 Å². The first kappa shape index (κ1) is 12.5. The number of hydrogen-bond donors (Lipinski definition) is 1. The van der Waals surface area contributed by atoms with Gasteiger partial charge in [0.15, 0.2) is 0 Å². The molecule has 2 nitrogen and oxygen atoms in total. The number of halogens is 1. The van der Waals surface area contributed by atoms with Crippen LogP contribution in [0.4, 0.5) is 0 Å². The van der Waals surface area contributed by atoms with Gasteiger partial charge >= 0.3 is 0 Å². The second-order valence-corrected chi connectivity index (χ2v) is 3.17. The van der Waals surface area contributed by atoms with Gasteiger partial charge in [-0.05, 0) is 38.1 Å². The highest BCUT2D eigenvalue weighted by Crippen LogP contribution is 2.13. The standard InChI is InChI=1S/C6H5BrO.C4H10O/c7-5-1-3-6(8)4-2-5;1-3-5-4-2/h1-4,8H;3-4H2,1-2H3. The van der Waals surface area contributed by atoms with Gasteiger partial charge in [0, 0.05) is 17.7 Å². The van der Waals surface area contributed by atoms with Crippen LogP contribution in [0.1, 0.15) is 13.8 Å². The number of ether oxygens (including phenoxy) is 1. The summed E-state index contributed by atoms with van der Waals surface area (Å²) in [5.41, 5.74) is 0. The van der Waals surface area contributed by atoms with E-state index in [1.54, 1.807) is 24.3 Å². The topological polar surface area (TPSA) is 29.5 Å². The largest absolute Gasteiger partial charge is 0.508 e. The summed E-state index contributed by atoms with van der Waals surface area (Å²) in [5.74, 6) is 0.299. The molecule has 0 heterocycles. The van der Waals surface area contributed by atoms with Crippen molar-refractivity contribution in [3.63, 3.8) is 0 Å². The monoisotopic (exact) mass is 246 g/mol. The fourth-order valence-electron chi connectivity index (χ4n) is 0.645. The van der Waals surface area contributed by atoms with E-state index in [1.165, 1.54) is 0 Å². The van der Waals surface area contributed by atoms with Crippen LogP contribution in [0.15, 0.2) is 28.7 Å². The van der Waals surface area contributed by atoms with E-state index >= 15 is 0 Å². The summed E-state index contributed by atoms with van der Waals surface area (Å²) < 4.78 is 5.82. The Bertz CT molecular complexity index is 186. The molecule has 0 spiro atoms. The summed E-state index contributed by atoms with van der Waals surface area (Å²) in [6, 6.07) is 6.83. The Balaban J connectivity index is 0.000000252. The molecular formula is C10H15BrO2. The molecule has 0 fully saturated rings. The van der Waals surface area contributed by atoms with Gasteiger partial charge in [-0.2, -0.15) is 0 Å². The third kappa shape index (κ3) is 7.81. The highest BCUT2D eigenvalue weighted by molar-refractivity contribution is 9.10. The molecule has 0 unspecified atom stereocenters. The molecule has 0 aromatic heterocycles. The zero-order valence-corrected chi connectivity index (χ0v) is 9.54. The quantitative estimate of drug-likeness (QED) is 0.869. The first-order valence-electron chi connectivity index (χ1n) is 4.23. The lowest BCUT2D eigenvalue weighted by Gasteiger charge is -1.87. The van der Waals surface area contributed by atoms with Gasteiger partial charge in [0.2, 0.25) is 0 Å². The fourth-order valence-corrected chi connectivity index (χ4v) is 0.910. The molecule has 1 aromatic carbocycles. The molecule has 0 radical (unpaired) electrons. The summed E-state index contributed by atoms with van der Waals surface area (Å²) >= 11 is 3.23. The average Bonchev–Trinajstić information content (AvgIpc) is 2.13. The smallest absolute Gasteiger partial charge is 0.115 e. The normalized spacial score (nSPS) is 8.85. The molecule has 0 aliphatic rings. The molecule has 0 aliphatic heterocycles. The minimum Gasteiger partial charge on any atom is -0.508 e. The Labute approximate surface area is 87.7 Å². The van der Waals surface area contributed by atoms with E-state index in [2.05, 4.69) is 15.9 Å². The van der Waals surface area contributed by atoms with Crippen molar-refractivity contribution in [1.29, 1.82) is 0 Å². The van der Waals surface area contributed by atoms with Crippen LogP contribution in [-0.2, 0) is 4.74 Å². The zero-order valence-electron chi connectivity index (χ0n) is 7.96. The maximum absolute atomic E-state index is 8.74. The van der Waals surface area contributed by atoms with Gasteiger partial charge in [-0.1, -0.05) is 15.9 Å². The maximum Gasteiger partial charge on any atom is 0.115 e. The Kier molecular flexibility index (Phi) is 7.74. The van der Waals surface area contributed by atoms with E-state index in [1.807, 2.05) is 13.8 Å². The summed E-state index contributed by atoms with van der Waals surface area (Å²) in [6.45, 7) is 5.67. The van der Waals surface area contributed by atoms with Crippen LogP contribution < -0.4 is 0 Å². The Morgan fingerprint density at radius 3 is 1.85 bits per heavy atom. The van der Waals surface area contributed by atoms with Gasteiger partial charge in [-0.15, -0.1) is 0 Å². The summed E-state index contributed by atoms with van der Waals surface area (Å²) in [6.07, 6.45) is 0. The molecule has 3 heteroatoms. The van der Waals surface area contributed by atoms with Crippen LogP contribution >= 0.6 is 15.9 Å². The van der Waals surface area contributed by atoms with Gasteiger partial charge in [0.1, 0.15) is 5.75 Å². The Hall–Kier alpha value is -0.540. The average molecular weight is 247 g/mol. The highest BCUT2D eigenvalue weighted by atomic mass is 79.9. The SMILES string of the molecule is CCOCC.Oc1ccc(Br)cc1. The molecule has 0 saturated carbocycles. The van der Waals surface area contributed by atoms with E-state index < -0.39 is 0 Å². The Morgan fingerprint density at radius 1 is 1.15 bits per heavy atom. The number of phenols is 1. The van der Waals surface area contributed by atoms with Gasteiger partial charge in [0.05, 0.1) is 0 Å². The molecule has 0 saturated heterocycles. The van der Waals surface area contributed by atoms with Crippen molar-refractivity contribution in [2.45, 2.75) is 13.8 Å². The molecule has 74 valence electrons. The van der Waals surface area contributed by atoms with Gasteiger partial charge in [-0.25, -0.2) is 0 Å².